The fraction of sp³-hybridized carbons (Fsp3) is 1.00. The van der Waals surface area contributed by atoms with Gasteiger partial charge in [0.25, 0.3) is 0 Å². The molecule has 4 atom stereocenters. The van der Waals surface area contributed by atoms with E-state index in [0.717, 1.165) is 17.4 Å². The monoisotopic (exact) mass is 261 g/mol. The first-order valence-corrected chi connectivity index (χ1v) is 7.62. The van der Waals surface area contributed by atoms with Crippen molar-refractivity contribution < 1.29 is 15.3 Å². The summed E-state index contributed by atoms with van der Waals surface area (Å²) >= 11 is 1.99. The summed E-state index contributed by atoms with van der Waals surface area (Å²) in [6, 6.07) is -0.0812. The molecule has 5 heteroatoms. The molecule has 1 aliphatic carbocycles. The van der Waals surface area contributed by atoms with Gasteiger partial charge in [0, 0.05) is 17.8 Å². The van der Waals surface area contributed by atoms with Gasteiger partial charge in [-0.3, -0.25) is 0 Å². The first-order valence-electron chi connectivity index (χ1n) is 6.57. The summed E-state index contributed by atoms with van der Waals surface area (Å²) in [6.07, 6.45) is 3.52. The molecule has 1 saturated heterocycles. The lowest BCUT2D eigenvalue weighted by molar-refractivity contribution is -0.0941. The number of hydrogen-bond acceptors (Lipinski definition) is 5. The summed E-state index contributed by atoms with van der Waals surface area (Å²) in [6.45, 7) is 0.372. The molecule has 0 bridgehead atoms. The highest BCUT2D eigenvalue weighted by molar-refractivity contribution is 7.99. The van der Waals surface area contributed by atoms with Gasteiger partial charge >= 0.3 is 0 Å². The maximum absolute atomic E-state index is 9.82. The lowest BCUT2D eigenvalue weighted by atomic mass is 9.94. The largest absolute Gasteiger partial charge is 0.389 e. The number of piperidine rings is 1. The van der Waals surface area contributed by atoms with Crippen molar-refractivity contribution in [2.24, 2.45) is 0 Å². The lowest BCUT2D eigenvalue weighted by Gasteiger charge is -2.36. The van der Waals surface area contributed by atoms with Crippen molar-refractivity contribution in [1.29, 1.82) is 0 Å². The molecular weight excluding hydrogens is 238 g/mol. The van der Waals surface area contributed by atoms with Gasteiger partial charge in [0.15, 0.2) is 0 Å². The maximum atomic E-state index is 9.82. The molecule has 0 aromatic carbocycles. The van der Waals surface area contributed by atoms with Crippen LogP contribution in [0.3, 0.4) is 0 Å². The Balaban J connectivity index is 1.67. The van der Waals surface area contributed by atoms with Crippen molar-refractivity contribution in [2.45, 2.75) is 61.7 Å². The molecular formula is C12H23NO3S. The average Bonchev–Trinajstić information content (AvgIpc) is 2.82. The molecule has 4 nitrogen and oxygen atoms in total. The van der Waals surface area contributed by atoms with Crippen molar-refractivity contribution >= 4 is 11.8 Å². The predicted octanol–water partition coefficient (Wildman–Crippen LogP) is 0.107. The van der Waals surface area contributed by atoms with Crippen molar-refractivity contribution in [1.82, 2.24) is 5.32 Å². The minimum Gasteiger partial charge on any atom is -0.389 e. The number of thioether (sulfide) groups is 1. The van der Waals surface area contributed by atoms with Crippen LogP contribution < -0.4 is 5.32 Å². The van der Waals surface area contributed by atoms with E-state index in [2.05, 4.69) is 5.32 Å². The SMILES string of the molecule is O[C@@H]1[C@@H](O)[C@@H](CCSC2CCCC2)NC[C@H]1O. The summed E-state index contributed by atoms with van der Waals surface area (Å²) in [5.41, 5.74) is 0. The molecule has 2 aliphatic rings. The number of rotatable bonds is 4. The highest BCUT2D eigenvalue weighted by atomic mass is 32.2. The summed E-state index contributed by atoms with van der Waals surface area (Å²) in [5, 5.41) is 32.7. The second-order valence-corrected chi connectivity index (χ2v) is 6.54. The van der Waals surface area contributed by atoms with Crippen LogP contribution in [0, 0.1) is 0 Å². The molecule has 0 aromatic heterocycles. The van der Waals surface area contributed by atoms with Crippen molar-refractivity contribution in [3.8, 4) is 0 Å². The number of hydrogen-bond donors (Lipinski definition) is 4. The van der Waals surface area contributed by atoms with Gasteiger partial charge in [0.2, 0.25) is 0 Å². The normalized spacial score (nSPS) is 39.7. The summed E-state index contributed by atoms with van der Waals surface area (Å²) < 4.78 is 0. The summed E-state index contributed by atoms with van der Waals surface area (Å²) in [7, 11) is 0. The molecule has 0 spiro atoms. The Hall–Kier alpha value is 0.190. The van der Waals surface area contributed by atoms with Crippen molar-refractivity contribution in [3.05, 3.63) is 0 Å². The lowest BCUT2D eigenvalue weighted by Crippen LogP contribution is -2.59. The summed E-state index contributed by atoms with van der Waals surface area (Å²) in [4.78, 5) is 0. The third-order valence-electron chi connectivity index (χ3n) is 3.83. The topological polar surface area (TPSA) is 72.7 Å². The van der Waals surface area contributed by atoms with Gasteiger partial charge in [-0.1, -0.05) is 12.8 Å². The first kappa shape index (κ1) is 13.6. The molecule has 2 rings (SSSR count). The Kier molecular flexibility index (Phi) is 5.11. The quantitative estimate of drug-likeness (QED) is 0.578. The van der Waals surface area contributed by atoms with Gasteiger partial charge < -0.3 is 20.6 Å². The van der Waals surface area contributed by atoms with Crippen LogP contribution in [0.15, 0.2) is 0 Å². The number of aliphatic hydroxyl groups excluding tert-OH is 3. The van der Waals surface area contributed by atoms with E-state index in [4.69, 9.17) is 0 Å². The van der Waals surface area contributed by atoms with Crippen LogP contribution in [0.1, 0.15) is 32.1 Å². The second-order valence-electron chi connectivity index (χ2n) is 5.13. The fourth-order valence-corrected chi connectivity index (χ4v) is 4.06. The van der Waals surface area contributed by atoms with E-state index >= 15 is 0 Å². The number of β-amino-alcohol motifs (C(OH)–C–C–N with tert-alkyl or cyclic N) is 1. The third-order valence-corrected chi connectivity index (χ3v) is 5.24. The molecule has 100 valence electrons. The molecule has 0 aromatic rings. The Labute approximate surface area is 107 Å². The van der Waals surface area contributed by atoms with Gasteiger partial charge in [-0.05, 0) is 25.0 Å². The Bertz CT molecular complexity index is 236. The van der Waals surface area contributed by atoms with E-state index in [1.165, 1.54) is 25.7 Å². The first-order chi connectivity index (χ1) is 8.18. The van der Waals surface area contributed by atoms with E-state index in [-0.39, 0.29) is 6.04 Å². The van der Waals surface area contributed by atoms with Gasteiger partial charge in [0.05, 0.1) is 12.2 Å². The molecule has 0 amide bonds. The van der Waals surface area contributed by atoms with Crippen LogP contribution >= 0.6 is 11.8 Å². The molecule has 17 heavy (non-hydrogen) atoms. The third kappa shape index (κ3) is 3.58. The minimum absolute atomic E-state index is 0.0812. The maximum Gasteiger partial charge on any atom is 0.108 e. The Morgan fingerprint density at radius 3 is 2.47 bits per heavy atom. The molecule has 0 radical (unpaired) electrons. The van der Waals surface area contributed by atoms with Gasteiger partial charge in [-0.25, -0.2) is 0 Å². The highest BCUT2D eigenvalue weighted by Gasteiger charge is 2.35. The molecule has 2 fully saturated rings. The zero-order valence-electron chi connectivity index (χ0n) is 10.1. The standard InChI is InChI=1S/C12H23NO3S/c14-10-7-13-9(11(15)12(10)16)5-6-17-8-3-1-2-4-8/h8-16H,1-7H2/t9-,10-,11+,12+/m1/s1. The van der Waals surface area contributed by atoms with E-state index in [1.807, 2.05) is 11.8 Å². The van der Waals surface area contributed by atoms with Crippen LogP contribution in [-0.2, 0) is 0 Å². The van der Waals surface area contributed by atoms with Gasteiger partial charge in [0.1, 0.15) is 6.10 Å². The molecule has 1 aliphatic heterocycles. The Morgan fingerprint density at radius 1 is 1.06 bits per heavy atom. The molecule has 1 heterocycles. The molecule has 4 N–H and O–H groups in total. The molecule has 1 saturated carbocycles. The van der Waals surface area contributed by atoms with Crippen LogP contribution in [0.25, 0.3) is 0 Å². The van der Waals surface area contributed by atoms with E-state index in [0.29, 0.717) is 6.54 Å². The zero-order valence-corrected chi connectivity index (χ0v) is 10.9. The second kappa shape index (κ2) is 6.38. The van der Waals surface area contributed by atoms with Crippen LogP contribution in [0.4, 0.5) is 0 Å². The van der Waals surface area contributed by atoms with E-state index in [1.54, 1.807) is 0 Å². The number of aliphatic hydroxyl groups is 3. The van der Waals surface area contributed by atoms with E-state index < -0.39 is 18.3 Å². The van der Waals surface area contributed by atoms with E-state index in [9.17, 15) is 15.3 Å². The fourth-order valence-electron chi connectivity index (χ4n) is 2.67. The highest BCUT2D eigenvalue weighted by Crippen LogP contribution is 2.30. The summed E-state index contributed by atoms with van der Waals surface area (Å²) in [5.74, 6) is 1.02. The Morgan fingerprint density at radius 2 is 1.76 bits per heavy atom. The smallest absolute Gasteiger partial charge is 0.108 e. The van der Waals surface area contributed by atoms with Gasteiger partial charge in [-0.15, -0.1) is 0 Å². The van der Waals surface area contributed by atoms with Crippen LogP contribution in [0.2, 0.25) is 0 Å². The minimum atomic E-state index is -1.00. The van der Waals surface area contributed by atoms with Crippen LogP contribution in [0.5, 0.6) is 0 Å². The van der Waals surface area contributed by atoms with Crippen molar-refractivity contribution in [2.75, 3.05) is 12.3 Å². The number of nitrogens with one attached hydrogen (secondary N) is 1. The predicted molar refractivity (Wildman–Crippen MR) is 69.1 cm³/mol. The molecule has 0 unspecified atom stereocenters. The average molecular weight is 261 g/mol. The van der Waals surface area contributed by atoms with Gasteiger partial charge in [-0.2, -0.15) is 11.8 Å². The van der Waals surface area contributed by atoms with Crippen LogP contribution in [-0.4, -0.2) is 57.2 Å². The zero-order chi connectivity index (χ0) is 12.3. The van der Waals surface area contributed by atoms with Crippen molar-refractivity contribution in [3.63, 3.8) is 0 Å².